The summed E-state index contributed by atoms with van der Waals surface area (Å²) < 4.78 is 26.9. The van der Waals surface area contributed by atoms with Gasteiger partial charge in [-0.15, -0.1) is 0 Å². The average Bonchev–Trinajstić information content (AvgIpc) is 3.42. The molecule has 1 fully saturated rings. The summed E-state index contributed by atoms with van der Waals surface area (Å²) in [4.78, 5) is 29.6. The van der Waals surface area contributed by atoms with Gasteiger partial charge in [0.15, 0.2) is 0 Å². The Morgan fingerprint density at radius 1 is 0.951 bits per heavy atom. The third-order valence-electron chi connectivity index (χ3n) is 7.39. The zero-order valence-corrected chi connectivity index (χ0v) is 25.6. The first-order chi connectivity index (χ1) is 19.5. The highest BCUT2D eigenvalue weighted by Gasteiger charge is 2.34. The second-order valence-corrected chi connectivity index (χ2v) is 13.3. The van der Waals surface area contributed by atoms with Crippen molar-refractivity contribution in [3.63, 3.8) is 0 Å². The van der Waals surface area contributed by atoms with Crippen LogP contribution in [-0.4, -0.2) is 50.0 Å². The third-order valence-corrected chi connectivity index (χ3v) is 8.97. The van der Waals surface area contributed by atoms with Crippen molar-refractivity contribution in [2.24, 2.45) is 0 Å². The molecule has 3 aromatic carbocycles. The minimum absolute atomic E-state index is 0.0531. The van der Waals surface area contributed by atoms with Crippen LogP contribution in [0.2, 0.25) is 10.0 Å². The van der Waals surface area contributed by atoms with E-state index in [0.717, 1.165) is 52.9 Å². The molecular formula is C31H35Cl2N3O4S. The van der Waals surface area contributed by atoms with Gasteiger partial charge in [0.05, 0.1) is 11.9 Å². The van der Waals surface area contributed by atoms with E-state index in [1.54, 1.807) is 0 Å². The van der Waals surface area contributed by atoms with E-state index in [0.29, 0.717) is 0 Å². The van der Waals surface area contributed by atoms with Gasteiger partial charge in [-0.1, -0.05) is 90.6 Å². The minimum atomic E-state index is -3.92. The van der Waals surface area contributed by atoms with Crippen LogP contribution in [0.5, 0.6) is 0 Å². The number of hydrogen-bond acceptors (Lipinski definition) is 4. The van der Waals surface area contributed by atoms with Crippen molar-refractivity contribution in [2.45, 2.75) is 57.7 Å². The number of hydrogen-bond donors (Lipinski definition) is 1. The molecule has 1 aliphatic carbocycles. The van der Waals surface area contributed by atoms with Crippen LogP contribution in [0.15, 0.2) is 72.8 Å². The van der Waals surface area contributed by atoms with Crippen LogP contribution in [0, 0.1) is 6.92 Å². The molecule has 0 bridgehead atoms. The molecule has 0 radical (unpaired) electrons. The molecule has 0 aromatic heterocycles. The maximum atomic E-state index is 14.2. The topological polar surface area (TPSA) is 86.8 Å². The Kier molecular flexibility index (Phi) is 10.3. The molecule has 3 aromatic rings. The van der Waals surface area contributed by atoms with Gasteiger partial charge in [-0.3, -0.25) is 13.9 Å². The molecule has 0 aliphatic heterocycles. The molecule has 10 heteroatoms. The van der Waals surface area contributed by atoms with Crippen molar-refractivity contribution in [3.05, 3.63) is 99.5 Å². The fourth-order valence-electron chi connectivity index (χ4n) is 5.19. The van der Waals surface area contributed by atoms with E-state index < -0.39 is 28.5 Å². The molecule has 0 saturated heterocycles. The van der Waals surface area contributed by atoms with Gasteiger partial charge in [0.1, 0.15) is 12.6 Å². The Bertz CT molecular complexity index is 1460. The zero-order valence-electron chi connectivity index (χ0n) is 23.2. The number of carbonyl (C=O) groups is 2. The van der Waals surface area contributed by atoms with Gasteiger partial charge in [0.25, 0.3) is 0 Å². The Hall–Kier alpha value is -3.07. The summed E-state index contributed by atoms with van der Waals surface area (Å²) in [5, 5.41) is 3.64. The smallest absolute Gasteiger partial charge is 0.244 e. The molecule has 1 saturated carbocycles. The summed E-state index contributed by atoms with van der Waals surface area (Å²) in [6.45, 7) is 1.55. The van der Waals surface area contributed by atoms with Crippen LogP contribution in [0.3, 0.4) is 0 Å². The molecule has 0 spiro atoms. The molecule has 1 N–H and O–H groups in total. The first kappa shape index (κ1) is 30.9. The second kappa shape index (κ2) is 13.7. The Balaban J connectivity index is 1.75. The van der Waals surface area contributed by atoms with Crippen LogP contribution in [0.1, 0.15) is 42.4 Å². The molecule has 41 heavy (non-hydrogen) atoms. The third kappa shape index (κ3) is 8.47. The van der Waals surface area contributed by atoms with Crippen LogP contribution >= 0.6 is 23.2 Å². The lowest BCUT2D eigenvalue weighted by Crippen LogP contribution is -2.54. The van der Waals surface area contributed by atoms with E-state index in [4.69, 9.17) is 23.2 Å². The minimum Gasteiger partial charge on any atom is -0.352 e. The van der Waals surface area contributed by atoms with E-state index in [1.807, 2.05) is 61.5 Å². The summed E-state index contributed by atoms with van der Waals surface area (Å²) in [5.41, 5.74) is 2.89. The van der Waals surface area contributed by atoms with Gasteiger partial charge in [-0.2, -0.15) is 0 Å². The maximum absolute atomic E-state index is 14.2. The SMILES string of the molecule is Cc1ccccc1CN(C(=O)CN(c1cc(Cl)cc(Cl)c1)S(C)(=O)=O)[C@H](Cc1ccccc1)C(=O)NC1CCCC1. The highest BCUT2D eigenvalue weighted by Crippen LogP contribution is 2.28. The van der Waals surface area contributed by atoms with Crippen LogP contribution in [-0.2, 0) is 32.6 Å². The lowest BCUT2D eigenvalue weighted by Gasteiger charge is -2.34. The molecule has 1 aliphatic rings. The Morgan fingerprint density at radius 2 is 1.56 bits per heavy atom. The number of amides is 2. The number of nitrogens with zero attached hydrogens (tertiary/aromatic N) is 2. The largest absolute Gasteiger partial charge is 0.352 e. The van der Waals surface area contributed by atoms with E-state index in [-0.39, 0.29) is 40.6 Å². The summed E-state index contributed by atoms with van der Waals surface area (Å²) >= 11 is 12.4. The number of benzene rings is 3. The molecule has 4 rings (SSSR count). The number of sulfonamides is 1. The van der Waals surface area contributed by atoms with Crippen LogP contribution in [0.25, 0.3) is 0 Å². The summed E-state index contributed by atoms with van der Waals surface area (Å²) in [5.74, 6) is -0.767. The van der Waals surface area contributed by atoms with Crippen molar-refractivity contribution in [1.29, 1.82) is 0 Å². The summed E-state index contributed by atoms with van der Waals surface area (Å²) in [7, 11) is -3.92. The molecule has 0 heterocycles. The molecule has 1 atom stereocenters. The first-order valence-corrected chi connectivity index (χ1v) is 16.2. The molecule has 218 valence electrons. The second-order valence-electron chi connectivity index (χ2n) is 10.5. The fraction of sp³-hybridized carbons (Fsp3) is 0.355. The van der Waals surface area contributed by atoms with E-state index in [9.17, 15) is 18.0 Å². The van der Waals surface area contributed by atoms with Crippen LogP contribution < -0.4 is 9.62 Å². The van der Waals surface area contributed by atoms with Crippen molar-refractivity contribution in [1.82, 2.24) is 10.2 Å². The quantitative estimate of drug-likeness (QED) is 0.297. The lowest BCUT2D eigenvalue weighted by atomic mass is 10.0. The number of halogens is 2. The predicted octanol–water partition coefficient (Wildman–Crippen LogP) is 5.77. The highest BCUT2D eigenvalue weighted by atomic mass is 35.5. The molecule has 0 unspecified atom stereocenters. The van der Waals surface area contributed by atoms with Crippen molar-refractivity contribution in [3.8, 4) is 0 Å². The van der Waals surface area contributed by atoms with Crippen molar-refractivity contribution >= 4 is 50.7 Å². The van der Waals surface area contributed by atoms with E-state index >= 15 is 0 Å². The normalized spacial score (nSPS) is 14.4. The van der Waals surface area contributed by atoms with Gasteiger partial charge in [-0.05, 0) is 54.7 Å². The molecular weight excluding hydrogens is 581 g/mol. The Morgan fingerprint density at radius 3 is 2.17 bits per heavy atom. The van der Waals surface area contributed by atoms with Gasteiger partial charge in [0.2, 0.25) is 21.8 Å². The molecule has 2 amide bonds. The lowest BCUT2D eigenvalue weighted by molar-refractivity contribution is -0.140. The first-order valence-electron chi connectivity index (χ1n) is 13.6. The van der Waals surface area contributed by atoms with E-state index in [2.05, 4.69) is 5.32 Å². The van der Waals surface area contributed by atoms with Crippen LogP contribution in [0.4, 0.5) is 5.69 Å². The number of anilines is 1. The average molecular weight is 617 g/mol. The number of nitrogens with one attached hydrogen (secondary N) is 1. The number of carbonyl (C=O) groups excluding carboxylic acids is 2. The fourth-order valence-corrected chi connectivity index (χ4v) is 6.54. The Labute approximate surface area is 252 Å². The summed E-state index contributed by atoms with van der Waals surface area (Å²) in [6.07, 6.45) is 5.19. The van der Waals surface area contributed by atoms with Crippen molar-refractivity contribution < 1.29 is 18.0 Å². The van der Waals surface area contributed by atoms with Gasteiger partial charge in [-0.25, -0.2) is 8.42 Å². The monoisotopic (exact) mass is 615 g/mol. The number of rotatable bonds is 11. The predicted molar refractivity (Wildman–Crippen MR) is 165 cm³/mol. The standard InChI is InChI=1S/C31H35Cl2N3O4S/c1-22-10-6-7-13-24(22)20-35(30(37)21-36(41(2,39)40)28-18-25(32)17-26(33)19-28)29(16-23-11-4-3-5-12-23)31(38)34-27-14-8-9-15-27/h3-7,10-13,17-19,27,29H,8-9,14-16,20-21H2,1-2H3,(H,34,38)/t29-/m1/s1. The number of aryl methyl sites for hydroxylation is 1. The highest BCUT2D eigenvalue weighted by molar-refractivity contribution is 7.92. The molecule has 7 nitrogen and oxygen atoms in total. The maximum Gasteiger partial charge on any atom is 0.244 e. The van der Waals surface area contributed by atoms with Gasteiger partial charge < -0.3 is 10.2 Å². The van der Waals surface area contributed by atoms with Crippen molar-refractivity contribution in [2.75, 3.05) is 17.1 Å². The summed E-state index contributed by atoms with van der Waals surface area (Å²) in [6, 6.07) is 20.7. The zero-order chi connectivity index (χ0) is 29.6. The van der Waals surface area contributed by atoms with E-state index in [1.165, 1.54) is 23.1 Å². The van der Waals surface area contributed by atoms with Gasteiger partial charge >= 0.3 is 0 Å². The van der Waals surface area contributed by atoms with Gasteiger partial charge in [0, 0.05) is 29.1 Å².